The van der Waals surface area contributed by atoms with Crippen LogP contribution in [0.4, 0.5) is 0 Å². The average Bonchev–Trinajstić information content (AvgIpc) is 2.88. The number of thiophene rings is 1. The predicted octanol–water partition coefficient (Wildman–Crippen LogP) is 2.85. The van der Waals surface area contributed by atoms with Crippen molar-refractivity contribution >= 4 is 41.3 Å². The van der Waals surface area contributed by atoms with Gasteiger partial charge in [0.2, 0.25) is 0 Å². The van der Waals surface area contributed by atoms with Crippen molar-refractivity contribution in [2.24, 2.45) is 4.99 Å². The number of nitrogens with zero attached hydrogens (tertiary/aromatic N) is 1. The second kappa shape index (κ2) is 12.7. The number of hydrogen-bond acceptors (Lipinski definition) is 3. The molecule has 1 aromatic heterocycles. The van der Waals surface area contributed by atoms with Gasteiger partial charge in [0.15, 0.2) is 5.96 Å². The fourth-order valence-corrected chi connectivity index (χ4v) is 2.05. The van der Waals surface area contributed by atoms with Crippen molar-refractivity contribution in [1.29, 1.82) is 0 Å². The smallest absolute Gasteiger partial charge is 0.191 e. The molecule has 0 unspecified atom stereocenters. The Morgan fingerprint density at radius 1 is 1.37 bits per heavy atom. The summed E-state index contributed by atoms with van der Waals surface area (Å²) in [5, 5.41) is 8.62. The quantitative estimate of drug-likeness (QED) is 0.307. The fourth-order valence-electron chi connectivity index (χ4n) is 1.43. The molecule has 0 bridgehead atoms. The molecule has 0 fully saturated rings. The maximum Gasteiger partial charge on any atom is 0.191 e. The standard InChI is InChI=1S/C13H23N3OS.HI/c1-3-14-13(15-8-6-9-17-4-2)16-11-12-7-5-10-18-12;/h5,7,10H,3-4,6,8-9,11H2,1-2H3,(H2,14,15,16);1H. The van der Waals surface area contributed by atoms with Crippen LogP contribution in [0.15, 0.2) is 22.5 Å². The highest BCUT2D eigenvalue weighted by molar-refractivity contribution is 14.0. The zero-order valence-electron chi connectivity index (χ0n) is 11.6. The zero-order chi connectivity index (χ0) is 13.1. The van der Waals surface area contributed by atoms with Gasteiger partial charge in [-0.05, 0) is 31.7 Å². The molecule has 0 radical (unpaired) electrons. The summed E-state index contributed by atoms with van der Waals surface area (Å²) in [6, 6.07) is 4.16. The molecule has 0 saturated carbocycles. The van der Waals surface area contributed by atoms with Crippen molar-refractivity contribution in [3.63, 3.8) is 0 Å². The van der Waals surface area contributed by atoms with Gasteiger partial charge in [0, 0.05) is 31.2 Å². The van der Waals surface area contributed by atoms with E-state index in [-0.39, 0.29) is 24.0 Å². The van der Waals surface area contributed by atoms with E-state index < -0.39 is 0 Å². The van der Waals surface area contributed by atoms with Gasteiger partial charge in [-0.25, -0.2) is 4.99 Å². The summed E-state index contributed by atoms with van der Waals surface area (Å²) in [5.41, 5.74) is 0. The minimum absolute atomic E-state index is 0. The molecule has 110 valence electrons. The van der Waals surface area contributed by atoms with Crippen LogP contribution >= 0.6 is 35.3 Å². The summed E-state index contributed by atoms with van der Waals surface area (Å²) in [5.74, 6) is 0.877. The Morgan fingerprint density at radius 2 is 2.21 bits per heavy atom. The van der Waals surface area contributed by atoms with Gasteiger partial charge < -0.3 is 15.4 Å². The van der Waals surface area contributed by atoms with Crippen LogP contribution in [0.2, 0.25) is 0 Å². The Hall–Kier alpha value is -0.340. The van der Waals surface area contributed by atoms with Crippen molar-refractivity contribution in [2.45, 2.75) is 26.8 Å². The van der Waals surface area contributed by atoms with Crippen LogP contribution in [-0.4, -0.2) is 32.3 Å². The second-order valence-electron chi connectivity index (χ2n) is 3.75. The molecule has 4 nitrogen and oxygen atoms in total. The van der Waals surface area contributed by atoms with E-state index in [0.717, 1.165) is 45.2 Å². The van der Waals surface area contributed by atoms with Crippen molar-refractivity contribution in [1.82, 2.24) is 10.6 Å². The van der Waals surface area contributed by atoms with E-state index in [4.69, 9.17) is 4.74 Å². The Bertz CT molecular complexity index is 331. The maximum absolute atomic E-state index is 5.30. The van der Waals surface area contributed by atoms with Gasteiger partial charge in [0.05, 0.1) is 6.54 Å². The summed E-state index contributed by atoms with van der Waals surface area (Å²) in [7, 11) is 0. The first-order chi connectivity index (χ1) is 8.86. The Balaban J connectivity index is 0.00000324. The van der Waals surface area contributed by atoms with Crippen molar-refractivity contribution < 1.29 is 4.74 Å². The minimum atomic E-state index is 0. The molecule has 0 spiro atoms. The van der Waals surface area contributed by atoms with Gasteiger partial charge in [-0.3, -0.25) is 0 Å². The van der Waals surface area contributed by atoms with Gasteiger partial charge in [0.1, 0.15) is 0 Å². The third-order valence-corrected chi connectivity index (χ3v) is 3.14. The molecule has 19 heavy (non-hydrogen) atoms. The lowest BCUT2D eigenvalue weighted by Gasteiger charge is -2.10. The molecule has 0 amide bonds. The molecule has 1 rings (SSSR count). The fraction of sp³-hybridized carbons (Fsp3) is 0.615. The Kier molecular flexibility index (Phi) is 12.5. The van der Waals surface area contributed by atoms with Gasteiger partial charge in [-0.15, -0.1) is 35.3 Å². The Labute approximate surface area is 137 Å². The maximum atomic E-state index is 5.30. The number of halogens is 1. The first-order valence-electron chi connectivity index (χ1n) is 6.49. The number of ether oxygens (including phenoxy) is 1. The van der Waals surface area contributed by atoms with Crippen LogP contribution in [0.3, 0.4) is 0 Å². The molecule has 0 saturated heterocycles. The highest BCUT2D eigenvalue weighted by Gasteiger charge is 1.97. The van der Waals surface area contributed by atoms with Gasteiger partial charge in [-0.1, -0.05) is 6.07 Å². The SMILES string of the molecule is CCNC(=NCc1cccs1)NCCCOCC.I. The van der Waals surface area contributed by atoms with Crippen LogP contribution in [0.25, 0.3) is 0 Å². The number of guanidine groups is 1. The van der Waals surface area contributed by atoms with E-state index >= 15 is 0 Å². The zero-order valence-corrected chi connectivity index (χ0v) is 14.8. The number of nitrogens with one attached hydrogen (secondary N) is 2. The normalized spacial score (nSPS) is 10.9. The van der Waals surface area contributed by atoms with Gasteiger partial charge >= 0.3 is 0 Å². The number of aliphatic imine (C=N–C) groups is 1. The summed E-state index contributed by atoms with van der Waals surface area (Å²) in [4.78, 5) is 5.82. The van der Waals surface area contributed by atoms with E-state index in [0.29, 0.717) is 0 Å². The topological polar surface area (TPSA) is 45.7 Å². The molecule has 0 aliphatic heterocycles. The van der Waals surface area contributed by atoms with E-state index in [2.05, 4.69) is 40.1 Å². The third-order valence-electron chi connectivity index (χ3n) is 2.28. The lowest BCUT2D eigenvalue weighted by Crippen LogP contribution is -2.38. The average molecular weight is 397 g/mol. The summed E-state index contributed by atoms with van der Waals surface area (Å²) in [6.45, 7) is 8.17. The summed E-state index contributed by atoms with van der Waals surface area (Å²) >= 11 is 1.74. The highest BCUT2D eigenvalue weighted by Crippen LogP contribution is 2.09. The van der Waals surface area contributed by atoms with E-state index in [1.54, 1.807) is 11.3 Å². The molecule has 0 atom stereocenters. The van der Waals surface area contributed by atoms with Crippen LogP contribution in [-0.2, 0) is 11.3 Å². The number of rotatable bonds is 8. The number of hydrogen-bond donors (Lipinski definition) is 2. The molecule has 0 aromatic carbocycles. The molecule has 1 aromatic rings. The molecule has 6 heteroatoms. The molecule has 2 N–H and O–H groups in total. The predicted molar refractivity (Wildman–Crippen MR) is 93.7 cm³/mol. The molecule has 0 aliphatic carbocycles. The molecule has 1 heterocycles. The minimum Gasteiger partial charge on any atom is -0.382 e. The summed E-state index contributed by atoms with van der Waals surface area (Å²) in [6.07, 6.45) is 0.997. The van der Waals surface area contributed by atoms with Crippen LogP contribution < -0.4 is 10.6 Å². The monoisotopic (exact) mass is 397 g/mol. The van der Waals surface area contributed by atoms with Crippen LogP contribution in [0.1, 0.15) is 25.1 Å². The van der Waals surface area contributed by atoms with E-state index in [1.807, 2.05) is 6.92 Å². The largest absolute Gasteiger partial charge is 0.382 e. The van der Waals surface area contributed by atoms with Gasteiger partial charge in [0.25, 0.3) is 0 Å². The molecule has 0 aliphatic rings. The third kappa shape index (κ3) is 9.23. The lowest BCUT2D eigenvalue weighted by molar-refractivity contribution is 0.145. The van der Waals surface area contributed by atoms with E-state index in [9.17, 15) is 0 Å². The molecular formula is C13H24IN3OS. The second-order valence-corrected chi connectivity index (χ2v) is 4.78. The lowest BCUT2D eigenvalue weighted by atomic mass is 10.4. The Morgan fingerprint density at radius 3 is 2.84 bits per heavy atom. The van der Waals surface area contributed by atoms with Crippen molar-refractivity contribution in [3.8, 4) is 0 Å². The van der Waals surface area contributed by atoms with Gasteiger partial charge in [-0.2, -0.15) is 0 Å². The highest BCUT2D eigenvalue weighted by atomic mass is 127. The summed E-state index contributed by atoms with van der Waals surface area (Å²) < 4.78 is 5.30. The van der Waals surface area contributed by atoms with Crippen molar-refractivity contribution in [3.05, 3.63) is 22.4 Å². The molecular weight excluding hydrogens is 373 g/mol. The first kappa shape index (κ1) is 18.7. The van der Waals surface area contributed by atoms with Crippen LogP contribution in [0.5, 0.6) is 0 Å². The van der Waals surface area contributed by atoms with Crippen LogP contribution in [0, 0.1) is 0 Å². The van der Waals surface area contributed by atoms with Crippen molar-refractivity contribution in [2.75, 3.05) is 26.3 Å². The van der Waals surface area contributed by atoms with E-state index in [1.165, 1.54) is 4.88 Å². The first-order valence-corrected chi connectivity index (χ1v) is 7.37.